The third kappa shape index (κ3) is 3.88. The average molecular weight is 382 g/mol. The molecule has 0 radical (unpaired) electrons. The van der Waals surface area contributed by atoms with Gasteiger partial charge in [-0.3, -0.25) is 14.5 Å². The molecular formula is C21H26N4O3. The van der Waals surface area contributed by atoms with Crippen LogP contribution >= 0.6 is 0 Å². The second kappa shape index (κ2) is 8.04. The fourth-order valence-electron chi connectivity index (χ4n) is 4.23. The molecule has 1 saturated heterocycles. The van der Waals surface area contributed by atoms with Crippen molar-refractivity contribution in [1.29, 1.82) is 0 Å². The summed E-state index contributed by atoms with van der Waals surface area (Å²) in [5, 5.41) is 6.63. The van der Waals surface area contributed by atoms with Crippen LogP contribution in [0, 0.1) is 5.92 Å². The smallest absolute Gasteiger partial charge is 0.325 e. The van der Waals surface area contributed by atoms with Crippen LogP contribution in [0.5, 0.6) is 0 Å². The molecule has 1 saturated carbocycles. The van der Waals surface area contributed by atoms with Crippen LogP contribution in [0.15, 0.2) is 30.5 Å². The maximum Gasteiger partial charge on any atom is 0.325 e. The molecule has 1 aromatic carbocycles. The summed E-state index contributed by atoms with van der Waals surface area (Å²) in [6.45, 7) is 0.406. The fraction of sp³-hybridized carbons (Fsp3) is 0.476. The van der Waals surface area contributed by atoms with E-state index < -0.39 is 12.1 Å². The first-order chi connectivity index (χ1) is 13.6. The van der Waals surface area contributed by atoms with Crippen molar-refractivity contribution in [1.82, 2.24) is 20.5 Å². The number of fused-ring (bicyclic) bond motifs is 1. The van der Waals surface area contributed by atoms with Crippen LogP contribution in [-0.4, -0.2) is 46.9 Å². The van der Waals surface area contributed by atoms with Crippen molar-refractivity contribution in [3.63, 3.8) is 0 Å². The lowest BCUT2D eigenvalue weighted by Gasteiger charge is -2.22. The Morgan fingerprint density at radius 2 is 1.93 bits per heavy atom. The number of rotatable bonds is 6. The van der Waals surface area contributed by atoms with Gasteiger partial charge >= 0.3 is 6.03 Å². The lowest BCUT2D eigenvalue weighted by Crippen LogP contribution is -2.42. The molecule has 0 bridgehead atoms. The van der Waals surface area contributed by atoms with E-state index in [1.165, 1.54) is 19.3 Å². The van der Waals surface area contributed by atoms with E-state index in [9.17, 15) is 14.4 Å². The molecule has 148 valence electrons. The number of carbonyl (C=O) groups excluding carboxylic acids is 3. The van der Waals surface area contributed by atoms with Crippen molar-refractivity contribution in [3.8, 4) is 0 Å². The van der Waals surface area contributed by atoms with Gasteiger partial charge in [-0.15, -0.1) is 0 Å². The minimum Gasteiger partial charge on any atom is -0.361 e. The Balaban J connectivity index is 1.33. The van der Waals surface area contributed by atoms with Gasteiger partial charge in [0.15, 0.2) is 0 Å². The number of amides is 4. The van der Waals surface area contributed by atoms with Crippen molar-refractivity contribution in [3.05, 3.63) is 36.0 Å². The lowest BCUT2D eigenvalue weighted by molar-refractivity contribution is -0.132. The summed E-state index contributed by atoms with van der Waals surface area (Å²) in [5.74, 6) is -0.111. The zero-order valence-corrected chi connectivity index (χ0v) is 15.9. The maximum absolute atomic E-state index is 12.7. The predicted molar refractivity (Wildman–Crippen MR) is 106 cm³/mol. The van der Waals surface area contributed by atoms with Gasteiger partial charge in [-0.25, -0.2) is 4.79 Å². The first kappa shape index (κ1) is 18.5. The highest BCUT2D eigenvalue weighted by Gasteiger charge is 2.39. The quantitative estimate of drug-likeness (QED) is 0.669. The largest absolute Gasteiger partial charge is 0.361 e. The van der Waals surface area contributed by atoms with E-state index >= 15 is 0 Å². The molecule has 1 aromatic heterocycles. The number of benzene rings is 1. The molecule has 2 fully saturated rings. The van der Waals surface area contributed by atoms with E-state index in [1.807, 2.05) is 30.5 Å². The van der Waals surface area contributed by atoms with E-state index in [4.69, 9.17) is 0 Å². The molecule has 1 aliphatic heterocycles. The van der Waals surface area contributed by atoms with E-state index in [0.717, 1.165) is 34.2 Å². The van der Waals surface area contributed by atoms with Crippen molar-refractivity contribution < 1.29 is 14.4 Å². The van der Waals surface area contributed by atoms with Crippen LogP contribution in [0.3, 0.4) is 0 Å². The minimum absolute atomic E-state index is 0.220. The standard InChI is InChI=1S/C21H26N4O3/c26-19(23-11-14-6-2-1-3-7-14)13-25-20(27)18(24-21(25)28)10-15-12-22-17-9-5-4-8-16(15)17/h4-5,8-9,12,14,18,22H,1-3,6-7,10-11,13H2,(H,23,26)(H,24,28). The zero-order chi connectivity index (χ0) is 19.5. The lowest BCUT2D eigenvalue weighted by atomic mass is 9.89. The number of urea groups is 1. The Kier molecular flexibility index (Phi) is 5.32. The van der Waals surface area contributed by atoms with Crippen LogP contribution in [0.1, 0.15) is 37.7 Å². The molecule has 1 atom stereocenters. The maximum atomic E-state index is 12.7. The van der Waals surface area contributed by atoms with Gasteiger partial charge in [0, 0.05) is 30.1 Å². The molecule has 4 rings (SSSR count). The summed E-state index contributed by atoms with van der Waals surface area (Å²) in [6, 6.07) is 6.70. The van der Waals surface area contributed by atoms with Crippen molar-refractivity contribution in [2.45, 2.75) is 44.6 Å². The molecule has 28 heavy (non-hydrogen) atoms. The molecule has 2 heterocycles. The monoisotopic (exact) mass is 382 g/mol. The molecular weight excluding hydrogens is 356 g/mol. The molecule has 3 N–H and O–H groups in total. The Hall–Kier alpha value is -2.83. The van der Waals surface area contributed by atoms with Gasteiger partial charge in [0.2, 0.25) is 5.91 Å². The van der Waals surface area contributed by atoms with Crippen molar-refractivity contribution >= 4 is 28.7 Å². The third-order valence-corrected chi connectivity index (χ3v) is 5.82. The van der Waals surface area contributed by atoms with Gasteiger partial charge < -0.3 is 15.6 Å². The van der Waals surface area contributed by atoms with E-state index in [0.29, 0.717) is 18.9 Å². The van der Waals surface area contributed by atoms with Crippen molar-refractivity contribution in [2.75, 3.05) is 13.1 Å². The number of hydrogen-bond donors (Lipinski definition) is 3. The first-order valence-electron chi connectivity index (χ1n) is 10.1. The molecule has 7 nitrogen and oxygen atoms in total. The second-order valence-electron chi connectivity index (χ2n) is 7.80. The van der Waals surface area contributed by atoms with Gasteiger partial charge in [0.1, 0.15) is 12.6 Å². The van der Waals surface area contributed by atoms with Crippen molar-refractivity contribution in [2.24, 2.45) is 5.92 Å². The first-order valence-corrected chi connectivity index (χ1v) is 10.1. The molecule has 1 aliphatic carbocycles. The number of aromatic nitrogens is 1. The highest BCUT2D eigenvalue weighted by atomic mass is 16.2. The normalized spacial score (nSPS) is 20.6. The van der Waals surface area contributed by atoms with Crippen LogP contribution in [0.25, 0.3) is 10.9 Å². The van der Waals surface area contributed by atoms with Crippen LogP contribution in [-0.2, 0) is 16.0 Å². The zero-order valence-electron chi connectivity index (χ0n) is 15.9. The second-order valence-corrected chi connectivity index (χ2v) is 7.80. The Morgan fingerprint density at radius 3 is 2.75 bits per heavy atom. The fourth-order valence-corrected chi connectivity index (χ4v) is 4.23. The predicted octanol–water partition coefficient (Wildman–Crippen LogP) is 2.33. The molecule has 2 aromatic rings. The number of nitrogens with one attached hydrogen (secondary N) is 3. The molecule has 4 amide bonds. The average Bonchev–Trinajstić information content (AvgIpc) is 3.24. The SMILES string of the molecule is O=C(CN1C(=O)NC(Cc2c[nH]c3ccccc23)C1=O)NCC1CCCCC1. The van der Waals surface area contributed by atoms with Gasteiger partial charge in [0.25, 0.3) is 5.91 Å². The molecule has 0 spiro atoms. The van der Waals surface area contributed by atoms with E-state index in [1.54, 1.807) is 0 Å². The van der Waals surface area contributed by atoms with Gasteiger partial charge in [0.05, 0.1) is 0 Å². The molecule has 7 heteroatoms. The third-order valence-electron chi connectivity index (χ3n) is 5.82. The summed E-state index contributed by atoms with van der Waals surface area (Å²) in [5.41, 5.74) is 1.96. The number of imide groups is 1. The van der Waals surface area contributed by atoms with Crippen LogP contribution < -0.4 is 10.6 Å². The molecule has 1 unspecified atom stereocenters. The Morgan fingerprint density at radius 1 is 1.14 bits per heavy atom. The summed E-state index contributed by atoms with van der Waals surface area (Å²) in [7, 11) is 0. The number of para-hydroxylation sites is 1. The number of hydrogen-bond acceptors (Lipinski definition) is 3. The highest BCUT2D eigenvalue weighted by molar-refractivity contribution is 6.06. The summed E-state index contributed by atoms with van der Waals surface area (Å²) >= 11 is 0. The number of carbonyl (C=O) groups is 3. The molecule has 2 aliphatic rings. The summed E-state index contributed by atoms with van der Waals surface area (Å²) in [4.78, 5) is 41.3. The minimum atomic E-state index is -0.641. The van der Waals surface area contributed by atoms with E-state index in [2.05, 4.69) is 15.6 Å². The topological polar surface area (TPSA) is 94.3 Å². The number of aromatic amines is 1. The Labute approximate surface area is 163 Å². The Bertz CT molecular complexity index is 885. The summed E-state index contributed by atoms with van der Waals surface area (Å²) in [6.07, 6.45) is 8.22. The van der Waals surface area contributed by atoms with Gasteiger partial charge in [-0.1, -0.05) is 37.5 Å². The van der Waals surface area contributed by atoms with Gasteiger partial charge in [-0.05, 0) is 30.4 Å². The highest BCUT2D eigenvalue weighted by Crippen LogP contribution is 2.23. The van der Waals surface area contributed by atoms with Crippen LogP contribution in [0.2, 0.25) is 0 Å². The summed E-state index contributed by atoms with van der Waals surface area (Å²) < 4.78 is 0. The van der Waals surface area contributed by atoms with Crippen LogP contribution in [0.4, 0.5) is 4.79 Å². The van der Waals surface area contributed by atoms with Gasteiger partial charge in [-0.2, -0.15) is 0 Å². The number of H-pyrrole nitrogens is 1. The number of nitrogens with zero attached hydrogens (tertiary/aromatic N) is 1. The van der Waals surface area contributed by atoms with E-state index in [-0.39, 0.29) is 18.4 Å².